The van der Waals surface area contributed by atoms with Gasteiger partial charge in [-0.25, -0.2) is 4.79 Å². The van der Waals surface area contributed by atoms with Crippen molar-refractivity contribution in [1.29, 1.82) is 0 Å². The number of carbonyl (C=O) groups excluding carboxylic acids is 1. The van der Waals surface area contributed by atoms with Crippen LogP contribution in [-0.4, -0.2) is 24.9 Å². The van der Waals surface area contributed by atoms with E-state index in [-0.39, 0.29) is 0 Å². The maximum atomic E-state index is 11.6. The molecule has 5 nitrogen and oxygen atoms in total. The van der Waals surface area contributed by atoms with Gasteiger partial charge >= 0.3 is 5.97 Å². The summed E-state index contributed by atoms with van der Waals surface area (Å²) in [4.78, 5) is 16.2. The maximum absolute atomic E-state index is 11.6. The van der Waals surface area contributed by atoms with Gasteiger partial charge in [0.1, 0.15) is 0 Å². The Hall–Kier alpha value is -1.57. The molecule has 112 valence electrons. The molecule has 2 rings (SSSR count). The molecule has 0 amide bonds. The number of nitrogens with zero attached hydrogens (tertiary/aromatic N) is 1. The predicted octanol–water partition coefficient (Wildman–Crippen LogP) is 3.40. The molecule has 1 aromatic rings. The molecular formula is C15H16INO4. The molecule has 0 unspecified atom stereocenters. The second-order valence-corrected chi connectivity index (χ2v) is 5.47. The van der Waals surface area contributed by atoms with E-state index in [0.29, 0.717) is 30.2 Å². The summed E-state index contributed by atoms with van der Waals surface area (Å²) in [5, 5.41) is 3.66. The minimum absolute atomic E-state index is 0.436. The van der Waals surface area contributed by atoms with Crippen LogP contribution in [0.3, 0.4) is 0 Å². The lowest BCUT2D eigenvalue weighted by atomic mass is 10.1. The third-order valence-corrected chi connectivity index (χ3v) is 3.61. The van der Waals surface area contributed by atoms with E-state index in [2.05, 4.69) is 32.6 Å². The largest absolute Gasteiger partial charge is 0.490 e. The number of benzene rings is 1. The number of ether oxygens (including phenoxy) is 2. The first-order valence-corrected chi connectivity index (χ1v) is 7.71. The Morgan fingerprint density at radius 3 is 2.57 bits per heavy atom. The Bertz CT molecular complexity index is 622. The van der Waals surface area contributed by atoms with E-state index in [1.165, 1.54) is 0 Å². The molecule has 0 saturated heterocycles. The number of carbonyl (C=O) groups is 1. The Balaban J connectivity index is 2.44. The number of rotatable bonds is 5. The van der Waals surface area contributed by atoms with Crippen LogP contribution < -0.4 is 9.47 Å². The molecule has 0 spiro atoms. The molecule has 1 aliphatic rings. The molecule has 0 aromatic heterocycles. The van der Waals surface area contributed by atoms with Crippen LogP contribution in [0.2, 0.25) is 0 Å². The molecule has 0 saturated carbocycles. The van der Waals surface area contributed by atoms with Crippen molar-refractivity contribution in [1.82, 2.24) is 0 Å². The number of oxime groups is 1. The minimum Gasteiger partial charge on any atom is -0.490 e. The molecule has 1 heterocycles. The van der Waals surface area contributed by atoms with Crippen LogP contribution in [0.5, 0.6) is 11.5 Å². The summed E-state index contributed by atoms with van der Waals surface area (Å²) in [6.07, 6.45) is 1.74. The lowest BCUT2D eigenvalue weighted by molar-refractivity contribution is -0.136. The van der Waals surface area contributed by atoms with Gasteiger partial charge in [-0.1, -0.05) is 5.16 Å². The van der Waals surface area contributed by atoms with Crippen molar-refractivity contribution >= 4 is 40.3 Å². The number of hydrogen-bond acceptors (Lipinski definition) is 5. The quantitative estimate of drug-likeness (QED) is 0.431. The van der Waals surface area contributed by atoms with Crippen LogP contribution in [-0.2, 0) is 9.63 Å². The van der Waals surface area contributed by atoms with Crippen molar-refractivity contribution in [3.05, 3.63) is 26.8 Å². The van der Waals surface area contributed by atoms with E-state index < -0.39 is 5.97 Å². The zero-order chi connectivity index (χ0) is 15.4. The van der Waals surface area contributed by atoms with Crippen LogP contribution in [0, 0.1) is 3.57 Å². The second kappa shape index (κ2) is 6.93. The van der Waals surface area contributed by atoms with E-state index in [9.17, 15) is 4.79 Å². The summed E-state index contributed by atoms with van der Waals surface area (Å²) in [6, 6.07) is 3.78. The monoisotopic (exact) mass is 401 g/mol. The fraction of sp³-hybridized carbons (Fsp3) is 0.333. The second-order valence-electron chi connectivity index (χ2n) is 4.31. The highest BCUT2D eigenvalue weighted by atomic mass is 127. The average Bonchev–Trinajstić information content (AvgIpc) is 2.75. The summed E-state index contributed by atoms with van der Waals surface area (Å²) in [6.45, 7) is 6.68. The molecule has 6 heteroatoms. The van der Waals surface area contributed by atoms with Gasteiger partial charge in [0.15, 0.2) is 11.5 Å². The van der Waals surface area contributed by atoms with Crippen molar-refractivity contribution in [2.24, 2.45) is 5.16 Å². The van der Waals surface area contributed by atoms with Crippen LogP contribution in [0.4, 0.5) is 0 Å². The first kappa shape index (κ1) is 15.8. The molecule has 1 aromatic carbocycles. The van der Waals surface area contributed by atoms with Gasteiger partial charge in [0.25, 0.3) is 0 Å². The van der Waals surface area contributed by atoms with Gasteiger partial charge in [-0.3, -0.25) is 0 Å². The molecule has 0 atom stereocenters. The Morgan fingerprint density at radius 1 is 1.29 bits per heavy atom. The molecule has 0 bridgehead atoms. The van der Waals surface area contributed by atoms with Crippen LogP contribution in [0.1, 0.15) is 26.3 Å². The Morgan fingerprint density at radius 2 is 2.00 bits per heavy atom. The molecule has 0 radical (unpaired) electrons. The summed E-state index contributed by atoms with van der Waals surface area (Å²) in [7, 11) is 0. The lowest BCUT2D eigenvalue weighted by Crippen LogP contribution is -2.03. The van der Waals surface area contributed by atoms with Crippen molar-refractivity contribution in [2.45, 2.75) is 20.8 Å². The summed E-state index contributed by atoms with van der Waals surface area (Å²) in [5.41, 5.74) is 1.87. The first-order valence-electron chi connectivity index (χ1n) is 6.64. The van der Waals surface area contributed by atoms with Gasteiger partial charge in [-0.2, -0.15) is 0 Å². The van der Waals surface area contributed by atoms with E-state index in [1.54, 1.807) is 13.0 Å². The van der Waals surface area contributed by atoms with E-state index >= 15 is 0 Å². The van der Waals surface area contributed by atoms with Crippen molar-refractivity contribution in [3.63, 3.8) is 0 Å². The number of hydrogen-bond donors (Lipinski definition) is 0. The van der Waals surface area contributed by atoms with Crippen molar-refractivity contribution < 1.29 is 19.1 Å². The molecule has 1 aliphatic heterocycles. The smallest absolute Gasteiger partial charge is 0.367 e. The third kappa shape index (κ3) is 3.55. The molecule has 21 heavy (non-hydrogen) atoms. The van der Waals surface area contributed by atoms with Gasteiger partial charge in [0.2, 0.25) is 0 Å². The lowest BCUT2D eigenvalue weighted by Gasteiger charge is -2.13. The topological polar surface area (TPSA) is 57.1 Å². The highest BCUT2D eigenvalue weighted by molar-refractivity contribution is 14.1. The van der Waals surface area contributed by atoms with Gasteiger partial charge in [0.05, 0.1) is 28.1 Å². The fourth-order valence-electron chi connectivity index (χ4n) is 1.90. The van der Waals surface area contributed by atoms with Crippen LogP contribution in [0.15, 0.2) is 22.9 Å². The van der Waals surface area contributed by atoms with E-state index in [1.807, 2.05) is 26.0 Å². The highest BCUT2D eigenvalue weighted by Gasteiger charge is 2.22. The zero-order valence-corrected chi connectivity index (χ0v) is 14.3. The summed E-state index contributed by atoms with van der Waals surface area (Å²) < 4.78 is 12.2. The predicted molar refractivity (Wildman–Crippen MR) is 88.7 cm³/mol. The van der Waals surface area contributed by atoms with Crippen LogP contribution >= 0.6 is 22.6 Å². The van der Waals surface area contributed by atoms with E-state index in [0.717, 1.165) is 14.9 Å². The SMILES string of the molecule is CCOc1cc(/C=C2\C(=O)ON=C2C)cc(I)c1OCC. The van der Waals surface area contributed by atoms with Crippen molar-refractivity contribution in [3.8, 4) is 11.5 Å². The summed E-state index contributed by atoms with van der Waals surface area (Å²) in [5.74, 6) is 0.954. The van der Waals surface area contributed by atoms with E-state index in [4.69, 9.17) is 9.47 Å². The first-order chi connectivity index (χ1) is 10.1. The Labute approximate surface area is 137 Å². The summed E-state index contributed by atoms with van der Waals surface area (Å²) >= 11 is 2.19. The fourth-order valence-corrected chi connectivity index (χ4v) is 2.69. The third-order valence-electron chi connectivity index (χ3n) is 2.81. The molecule has 0 fully saturated rings. The average molecular weight is 401 g/mol. The van der Waals surface area contributed by atoms with Gasteiger partial charge < -0.3 is 14.3 Å². The maximum Gasteiger partial charge on any atom is 0.367 e. The van der Waals surface area contributed by atoms with Crippen LogP contribution in [0.25, 0.3) is 6.08 Å². The molecule has 0 N–H and O–H groups in total. The number of halogens is 1. The van der Waals surface area contributed by atoms with Gasteiger partial charge in [-0.15, -0.1) is 0 Å². The van der Waals surface area contributed by atoms with Gasteiger partial charge in [0, 0.05) is 0 Å². The molecular weight excluding hydrogens is 385 g/mol. The Kier molecular flexibility index (Phi) is 5.22. The molecule has 0 aliphatic carbocycles. The zero-order valence-electron chi connectivity index (χ0n) is 12.1. The van der Waals surface area contributed by atoms with Crippen molar-refractivity contribution in [2.75, 3.05) is 13.2 Å². The normalized spacial score (nSPS) is 15.9. The minimum atomic E-state index is -0.436. The van der Waals surface area contributed by atoms with Gasteiger partial charge in [-0.05, 0) is 67.1 Å². The standard InChI is InChI=1S/C15H16INO4/c1-4-19-13-8-10(7-12(16)14(13)20-5-2)6-11-9(3)17-21-15(11)18/h6-8H,4-5H2,1-3H3/b11-6-. The highest BCUT2D eigenvalue weighted by Crippen LogP contribution is 2.35.